The van der Waals surface area contributed by atoms with Crippen LogP contribution >= 0.6 is 11.3 Å². The molecule has 2 aromatic heterocycles. The Kier molecular flexibility index (Phi) is 4.40. The first-order valence-corrected chi connectivity index (χ1v) is 7.84. The highest BCUT2D eigenvalue weighted by atomic mass is 32.1. The second-order valence-corrected chi connectivity index (χ2v) is 5.67. The van der Waals surface area contributed by atoms with Crippen LogP contribution in [0, 0.1) is 5.92 Å². The van der Waals surface area contributed by atoms with E-state index in [0.29, 0.717) is 24.2 Å². The predicted molar refractivity (Wildman–Crippen MR) is 78.3 cm³/mol. The molecule has 0 unspecified atom stereocenters. The van der Waals surface area contributed by atoms with Crippen molar-refractivity contribution in [2.75, 3.05) is 19.7 Å². The number of hydrogen-bond donors (Lipinski definition) is 0. The van der Waals surface area contributed by atoms with Gasteiger partial charge in [0, 0.05) is 30.9 Å². The fraction of sp³-hybridized carbons (Fsp3) is 0.429. The second-order valence-electron chi connectivity index (χ2n) is 4.95. The molecule has 0 radical (unpaired) electrons. The zero-order valence-electron chi connectivity index (χ0n) is 11.5. The molecule has 3 heterocycles. The molecule has 1 saturated heterocycles. The van der Waals surface area contributed by atoms with Crippen LogP contribution < -0.4 is 4.74 Å². The van der Waals surface area contributed by atoms with Gasteiger partial charge < -0.3 is 9.64 Å². The van der Waals surface area contributed by atoms with Gasteiger partial charge in [0.1, 0.15) is 5.69 Å². The summed E-state index contributed by atoms with van der Waals surface area (Å²) < 4.78 is 5.58. The first-order valence-electron chi connectivity index (χ1n) is 6.90. The maximum Gasteiger partial charge on any atom is 0.316 e. The van der Waals surface area contributed by atoms with E-state index >= 15 is 0 Å². The van der Waals surface area contributed by atoms with E-state index in [1.165, 1.54) is 11.3 Å². The summed E-state index contributed by atoms with van der Waals surface area (Å²) in [7, 11) is 0. The van der Waals surface area contributed by atoms with Gasteiger partial charge in [0.2, 0.25) is 0 Å². The molecule has 6 nitrogen and oxygen atoms in total. The number of amides is 1. The van der Waals surface area contributed by atoms with Gasteiger partial charge in [-0.15, -0.1) is 11.3 Å². The van der Waals surface area contributed by atoms with Gasteiger partial charge in [-0.1, -0.05) is 0 Å². The smallest absolute Gasteiger partial charge is 0.316 e. The number of hydrogen-bond acceptors (Lipinski definition) is 6. The van der Waals surface area contributed by atoms with Crippen molar-refractivity contribution in [3.8, 4) is 6.01 Å². The molecular formula is C14H16N4O2S. The fourth-order valence-corrected chi connectivity index (χ4v) is 2.86. The topological polar surface area (TPSA) is 68.2 Å². The van der Waals surface area contributed by atoms with Crippen molar-refractivity contribution in [1.82, 2.24) is 19.9 Å². The lowest BCUT2D eigenvalue weighted by molar-refractivity contribution is 0.0652. The minimum atomic E-state index is 0.0296. The van der Waals surface area contributed by atoms with Crippen molar-refractivity contribution in [2.24, 2.45) is 5.92 Å². The van der Waals surface area contributed by atoms with Crippen molar-refractivity contribution < 1.29 is 9.53 Å². The quantitative estimate of drug-likeness (QED) is 0.862. The molecule has 0 bridgehead atoms. The lowest BCUT2D eigenvalue weighted by Gasteiger charge is -2.31. The molecule has 1 aliphatic heterocycles. The van der Waals surface area contributed by atoms with Crippen LogP contribution in [0.25, 0.3) is 0 Å². The second kappa shape index (κ2) is 6.62. The Morgan fingerprint density at radius 3 is 2.71 bits per heavy atom. The van der Waals surface area contributed by atoms with Crippen molar-refractivity contribution in [1.29, 1.82) is 0 Å². The average Bonchev–Trinajstić information content (AvgIpc) is 3.08. The number of nitrogens with zero attached hydrogens (tertiary/aromatic N) is 4. The maximum atomic E-state index is 12.2. The molecule has 0 aromatic carbocycles. The summed E-state index contributed by atoms with van der Waals surface area (Å²) in [6.07, 6.45) is 5.19. The third kappa shape index (κ3) is 3.55. The van der Waals surface area contributed by atoms with E-state index in [4.69, 9.17) is 4.74 Å². The number of rotatable bonds is 4. The number of carbonyl (C=O) groups excluding carboxylic acids is 1. The van der Waals surface area contributed by atoms with Gasteiger partial charge >= 0.3 is 6.01 Å². The highest BCUT2D eigenvalue weighted by Gasteiger charge is 2.25. The van der Waals surface area contributed by atoms with Crippen LogP contribution in [0.15, 0.2) is 29.4 Å². The summed E-state index contributed by atoms with van der Waals surface area (Å²) >= 11 is 1.45. The summed E-state index contributed by atoms with van der Waals surface area (Å²) in [5.74, 6) is 0.468. The van der Waals surface area contributed by atoms with Crippen molar-refractivity contribution in [3.63, 3.8) is 0 Å². The molecule has 3 rings (SSSR count). The average molecular weight is 304 g/mol. The van der Waals surface area contributed by atoms with Gasteiger partial charge in [-0.2, -0.15) is 0 Å². The highest BCUT2D eigenvalue weighted by molar-refractivity contribution is 7.07. The van der Waals surface area contributed by atoms with Gasteiger partial charge in [-0.25, -0.2) is 15.0 Å². The molecule has 1 fully saturated rings. The minimum absolute atomic E-state index is 0.0296. The number of likely N-dealkylation sites (tertiary alicyclic amines) is 1. The number of aromatic nitrogens is 3. The van der Waals surface area contributed by atoms with E-state index in [1.54, 1.807) is 29.4 Å². The van der Waals surface area contributed by atoms with E-state index in [2.05, 4.69) is 15.0 Å². The van der Waals surface area contributed by atoms with Crippen molar-refractivity contribution >= 4 is 17.2 Å². The van der Waals surface area contributed by atoms with Crippen LogP contribution in [0.5, 0.6) is 6.01 Å². The van der Waals surface area contributed by atoms with E-state index in [0.717, 1.165) is 25.9 Å². The van der Waals surface area contributed by atoms with Crippen LogP contribution in [-0.2, 0) is 0 Å². The monoisotopic (exact) mass is 304 g/mol. The first-order chi connectivity index (χ1) is 10.3. The van der Waals surface area contributed by atoms with Crippen LogP contribution in [0.1, 0.15) is 23.3 Å². The zero-order chi connectivity index (χ0) is 14.5. The molecule has 2 aromatic rings. The molecule has 7 heteroatoms. The van der Waals surface area contributed by atoms with Gasteiger partial charge in [0.15, 0.2) is 0 Å². The Labute approximate surface area is 126 Å². The van der Waals surface area contributed by atoms with E-state index in [-0.39, 0.29) is 5.91 Å². The minimum Gasteiger partial charge on any atom is -0.463 e. The van der Waals surface area contributed by atoms with Crippen LogP contribution in [0.3, 0.4) is 0 Å². The summed E-state index contributed by atoms with van der Waals surface area (Å²) in [6.45, 7) is 2.10. The molecule has 0 spiro atoms. The SMILES string of the molecule is O=C(c1cscn1)N1CCC(COc2ncccn2)CC1. The standard InChI is InChI=1S/C14H16N4O2S/c19-13(12-9-21-10-17-12)18-6-2-11(3-7-18)8-20-14-15-4-1-5-16-14/h1,4-5,9-11H,2-3,6-8H2. The normalized spacial score (nSPS) is 15.9. The Morgan fingerprint density at radius 1 is 1.29 bits per heavy atom. The zero-order valence-corrected chi connectivity index (χ0v) is 12.3. The lowest BCUT2D eigenvalue weighted by atomic mass is 9.97. The molecule has 0 saturated carbocycles. The van der Waals surface area contributed by atoms with Gasteiger partial charge in [-0.05, 0) is 24.8 Å². The third-order valence-corrected chi connectivity index (χ3v) is 4.13. The summed E-state index contributed by atoms with van der Waals surface area (Å²) in [5.41, 5.74) is 2.24. The number of thiazole rings is 1. The number of piperidine rings is 1. The first kappa shape index (κ1) is 13.9. The molecule has 0 N–H and O–H groups in total. The highest BCUT2D eigenvalue weighted by Crippen LogP contribution is 2.19. The summed E-state index contributed by atoms with van der Waals surface area (Å²) in [4.78, 5) is 26.2. The molecule has 0 atom stereocenters. The van der Waals surface area contributed by atoms with Gasteiger partial charge in [-0.3, -0.25) is 4.79 Å². The van der Waals surface area contributed by atoms with Gasteiger partial charge in [0.25, 0.3) is 5.91 Å². The molecular weight excluding hydrogens is 288 g/mol. The maximum absolute atomic E-state index is 12.2. The molecule has 21 heavy (non-hydrogen) atoms. The predicted octanol–water partition coefficient (Wildman–Crippen LogP) is 1.86. The van der Waals surface area contributed by atoms with Crippen LogP contribution in [0.2, 0.25) is 0 Å². The lowest BCUT2D eigenvalue weighted by Crippen LogP contribution is -2.39. The third-order valence-electron chi connectivity index (χ3n) is 3.54. The van der Waals surface area contributed by atoms with Crippen LogP contribution in [0.4, 0.5) is 0 Å². The number of ether oxygens (including phenoxy) is 1. The fourth-order valence-electron chi connectivity index (χ4n) is 2.34. The molecule has 0 aliphatic carbocycles. The Bertz CT molecular complexity index is 568. The summed E-state index contributed by atoms with van der Waals surface area (Å²) in [5, 5.41) is 1.80. The molecule has 110 valence electrons. The number of carbonyl (C=O) groups is 1. The molecule has 1 aliphatic rings. The Morgan fingerprint density at radius 2 is 2.05 bits per heavy atom. The Balaban J connectivity index is 1.46. The largest absolute Gasteiger partial charge is 0.463 e. The van der Waals surface area contributed by atoms with E-state index < -0.39 is 0 Å². The van der Waals surface area contributed by atoms with E-state index in [1.807, 2.05) is 4.90 Å². The molecule has 1 amide bonds. The van der Waals surface area contributed by atoms with Crippen molar-refractivity contribution in [2.45, 2.75) is 12.8 Å². The van der Waals surface area contributed by atoms with Crippen LogP contribution in [-0.4, -0.2) is 45.5 Å². The van der Waals surface area contributed by atoms with Crippen molar-refractivity contribution in [3.05, 3.63) is 35.0 Å². The van der Waals surface area contributed by atoms with Gasteiger partial charge in [0.05, 0.1) is 12.1 Å². The summed E-state index contributed by atoms with van der Waals surface area (Å²) in [6, 6.07) is 2.17. The Hall–Kier alpha value is -2.02. The van der Waals surface area contributed by atoms with E-state index in [9.17, 15) is 4.79 Å².